The van der Waals surface area contributed by atoms with Crippen molar-refractivity contribution in [3.8, 4) is 0 Å². The van der Waals surface area contributed by atoms with Crippen LogP contribution in [0, 0.1) is 0 Å². The molecule has 0 saturated heterocycles. The summed E-state index contributed by atoms with van der Waals surface area (Å²) in [5, 5.41) is 0. The zero-order chi connectivity index (χ0) is 5.82. The Bertz CT molecular complexity index is 146. The summed E-state index contributed by atoms with van der Waals surface area (Å²) in [6, 6.07) is 10.7. The first-order chi connectivity index (χ1) is 3.93. The number of rotatable bonds is 1. The molecule has 0 aromatic heterocycles. The van der Waals surface area contributed by atoms with E-state index in [2.05, 4.69) is 34.9 Å². The maximum absolute atomic E-state index is 2.33. The van der Waals surface area contributed by atoms with Crippen LogP contribution in [0.4, 0.5) is 0 Å². The van der Waals surface area contributed by atoms with E-state index in [1.165, 1.54) is 0 Å². The van der Waals surface area contributed by atoms with Gasteiger partial charge in [-0.25, -0.2) is 0 Å². The quantitative estimate of drug-likeness (QED) is 0.728. The minimum atomic E-state index is -0.118. The first kappa shape index (κ1) is 6.24. The van der Waals surface area contributed by atoms with Crippen LogP contribution in [0.15, 0.2) is 30.3 Å². The summed E-state index contributed by atoms with van der Waals surface area (Å²) in [7, 11) is 0. The molecule has 0 nitrogen and oxygen atoms in total. The van der Waals surface area contributed by atoms with Gasteiger partial charge in [0, 0.05) is 0 Å². The van der Waals surface area contributed by atoms with Gasteiger partial charge in [0.15, 0.2) is 0 Å². The van der Waals surface area contributed by atoms with Crippen molar-refractivity contribution in [1.29, 1.82) is 0 Å². The predicted molar refractivity (Wildman–Crippen MR) is 37.7 cm³/mol. The maximum atomic E-state index is 2.33. The van der Waals surface area contributed by atoms with Crippen LogP contribution in [0.5, 0.6) is 0 Å². The summed E-state index contributed by atoms with van der Waals surface area (Å²) in [6.07, 6.45) is 0. The molecule has 0 bridgehead atoms. The molecule has 0 aliphatic heterocycles. The van der Waals surface area contributed by atoms with Crippen molar-refractivity contribution < 1.29 is 0 Å². The topological polar surface area (TPSA) is 0 Å². The van der Waals surface area contributed by atoms with E-state index in [4.69, 9.17) is 0 Å². The van der Waals surface area contributed by atoms with Crippen molar-refractivity contribution in [2.24, 2.45) is 0 Å². The molecule has 1 heteroatoms. The molecule has 0 unspecified atom stereocenters. The van der Waals surface area contributed by atoms with E-state index in [-0.39, 0.29) is 23.6 Å². The van der Waals surface area contributed by atoms with Gasteiger partial charge in [-0.15, -0.1) is 0 Å². The van der Waals surface area contributed by atoms with Gasteiger partial charge >= 0.3 is 61.7 Å². The average molecular weight is 301 g/mol. The summed E-state index contributed by atoms with van der Waals surface area (Å²) in [4.78, 5) is 0. The predicted octanol–water partition coefficient (Wildman–Crippen LogP) is 1.06. The second kappa shape index (κ2) is 3.20. The molecule has 1 aromatic rings. The molecule has 0 heterocycles. The van der Waals surface area contributed by atoms with Gasteiger partial charge in [-0.05, 0) is 0 Å². The van der Waals surface area contributed by atoms with Crippen LogP contribution >= 0.6 is 0 Å². The molecule has 0 aliphatic rings. The van der Waals surface area contributed by atoms with Gasteiger partial charge < -0.3 is 0 Å². The van der Waals surface area contributed by atoms with Gasteiger partial charge in [-0.2, -0.15) is 0 Å². The van der Waals surface area contributed by atoms with Crippen molar-refractivity contribution in [2.45, 2.75) is 4.58 Å². The van der Waals surface area contributed by atoms with Crippen LogP contribution in [0.25, 0.3) is 0 Å². The molecule has 0 saturated carbocycles. The molecule has 1 aromatic carbocycles. The molecule has 0 radical (unpaired) electrons. The van der Waals surface area contributed by atoms with E-state index < -0.39 is 0 Å². The van der Waals surface area contributed by atoms with Crippen LogP contribution in [-0.4, -0.2) is 23.6 Å². The Morgan fingerprint density at radius 3 is 2.12 bits per heavy atom. The normalized spacial score (nSPS) is 9.12. The Morgan fingerprint density at radius 2 is 1.75 bits per heavy atom. The third-order valence-corrected chi connectivity index (χ3v) is 3.87. The second-order valence-corrected chi connectivity index (χ2v) is 4.94. The first-order valence-electron chi connectivity index (χ1n) is 2.52. The molecule has 0 amide bonds. The summed E-state index contributed by atoms with van der Waals surface area (Å²) in [5.74, 6) is 0. The average Bonchev–Trinajstić information content (AvgIpc) is 1.90. The third-order valence-electron chi connectivity index (χ3n) is 0.979. The molecule has 1 rings (SSSR count). The number of benzene rings is 1. The SMILES string of the molecule is [CH3][Po][c]1ccccc1. The van der Waals surface area contributed by atoms with Gasteiger partial charge in [0.05, 0.1) is 0 Å². The molecule has 8 heavy (non-hydrogen) atoms. The van der Waals surface area contributed by atoms with Crippen LogP contribution in [0.3, 0.4) is 0 Å². The standard InChI is InChI=1S/C6H5.CH3.Po/c1-2-4-6-5-3-1;;/h1-5H;1H3;. The zero-order valence-corrected chi connectivity index (χ0v) is 7.97. The monoisotopic (exact) mass is 301 g/mol. The van der Waals surface area contributed by atoms with E-state index in [9.17, 15) is 0 Å². The van der Waals surface area contributed by atoms with E-state index in [1.807, 2.05) is 0 Å². The van der Waals surface area contributed by atoms with Gasteiger partial charge in [0.2, 0.25) is 0 Å². The van der Waals surface area contributed by atoms with Gasteiger partial charge in [0.25, 0.3) is 0 Å². The molecule has 0 spiro atoms. The summed E-state index contributed by atoms with van der Waals surface area (Å²) < 4.78 is 3.91. The van der Waals surface area contributed by atoms with Crippen LogP contribution in [0.1, 0.15) is 0 Å². The van der Waals surface area contributed by atoms with Crippen molar-refractivity contribution >= 4 is 26.8 Å². The van der Waals surface area contributed by atoms with Crippen molar-refractivity contribution in [1.82, 2.24) is 0 Å². The van der Waals surface area contributed by atoms with Crippen molar-refractivity contribution in [3.63, 3.8) is 0 Å². The van der Waals surface area contributed by atoms with E-state index in [0.717, 1.165) is 0 Å². The third kappa shape index (κ3) is 1.56. The fourth-order valence-electron chi connectivity index (χ4n) is 0.557. The number of hydrogen-bond donors (Lipinski definition) is 0. The molecule has 0 atom stereocenters. The van der Waals surface area contributed by atoms with Gasteiger partial charge in [-0.3, -0.25) is 0 Å². The van der Waals surface area contributed by atoms with E-state index in [1.54, 1.807) is 3.22 Å². The van der Waals surface area contributed by atoms with Crippen LogP contribution in [-0.2, 0) is 0 Å². The summed E-state index contributed by atoms with van der Waals surface area (Å²) in [5.41, 5.74) is 0. The molecule has 0 aliphatic carbocycles. The van der Waals surface area contributed by atoms with Crippen molar-refractivity contribution in [3.05, 3.63) is 30.3 Å². The Hall–Kier alpha value is 0.116. The Balaban J connectivity index is 2.83. The zero-order valence-electron chi connectivity index (χ0n) is 4.79. The van der Waals surface area contributed by atoms with Crippen LogP contribution in [0.2, 0.25) is 4.58 Å². The summed E-state index contributed by atoms with van der Waals surface area (Å²) in [6.45, 7) is 0. The molecular weight excluding hydrogens is 293 g/mol. The Morgan fingerprint density at radius 1 is 1.12 bits per heavy atom. The summed E-state index contributed by atoms with van der Waals surface area (Å²) >= 11 is -0.118. The number of hydrogen-bond acceptors (Lipinski definition) is 0. The van der Waals surface area contributed by atoms with E-state index >= 15 is 0 Å². The van der Waals surface area contributed by atoms with Gasteiger partial charge in [0.1, 0.15) is 0 Å². The van der Waals surface area contributed by atoms with Gasteiger partial charge in [-0.1, -0.05) is 0 Å². The second-order valence-electron chi connectivity index (χ2n) is 1.52. The molecular formula is C7H8Po. The Kier molecular flexibility index (Phi) is 2.50. The molecule has 0 fully saturated rings. The van der Waals surface area contributed by atoms with E-state index in [0.29, 0.717) is 0 Å². The first-order valence-corrected chi connectivity index (χ1v) is 7.28. The molecule has 0 N–H and O–H groups in total. The minimum absolute atomic E-state index is 0.118. The fraction of sp³-hybridized carbons (Fsp3) is 0.143. The fourth-order valence-corrected chi connectivity index (χ4v) is 2.23. The Labute approximate surface area is 61.7 Å². The van der Waals surface area contributed by atoms with Crippen molar-refractivity contribution in [2.75, 3.05) is 0 Å². The van der Waals surface area contributed by atoms with Crippen LogP contribution < -0.4 is 3.22 Å². The molecule has 42 valence electrons.